The third kappa shape index (κ3) is 4.58. The maximum Gasteiger partial charge on any atom is 0.266 e. The first-order chi connectivity index (χ1) is 13.0. The topological polar surface area (TPSA) is 38.8 Å². The van der Waals surface area contributed by atoms with Crippen molar-refractivity contribution >= 4 is 56.2 Å². The molecule has 144 valence electrons. The van der Waals surface area contributed by atoms with Crippen LogP contribution in [-0.4, -0.2) is 34.4 Å². The third-order valence-electron chi connectivity index (χ3n) is 4.49. The average Bonchev–Trinajstić information content (AvgIpc) is 3.23. The van der Waals surface area contributed by atoms with Crippen molar-refractivity contribution < 1.29 is 14.3 Å². The van der Waals surface area contributed by atoms with Crippen LogP contribution in [0.5, 0.6) is 11.5 Å². The molecule has 1 aromatic carbocycles. The van der Waals surface area contributed by atoms with Gasteiger partial charge in [-0.1, -0.05) is 49.5 Å². The predicted octanol–water partition coefficient (Wildman–Crippen LogP) is 5.56. The number of ether oxygens (including phenoxy) is 2. The number of carbonyl (C=O) groups excluding carboxylic acids is 1. The number of thioether (sulfide) groups is 1. The van der Waals surface area contributed by atoms with Crippen molar-refractivity contribution in [1.29, 1.82) is 0 Å². The van der Waals surface area contributed by atoms with E-state index in [0.29, 0.717) is 33.9 Å². The summed E-state index contributed by atoms with van der Waals surface area (Å²) in [5, 5.41) is 0. The standard InChI is InChI=1S/C20H22BrNO3S2/c1-3-9-25-18-15(21)10-13(11-16(18)24-4-2)12-17-19(23)22(20(26)27-17)14-7-5-6-8-14/h3,10-12,14H,1,4-9H2,2H3/b17-12+. The van der Waals surface area contributed by atoms with Crippen LogP contribution >= 0.6 is 39.9 Å². The number of carbonyl (C=O) groups is 1. The first kappa shape index (κ1) is 20.4. The number of halogens is 1. The van der Waals surface area contributed by atoms with Crippen LogP contribution in [0.1, 0.15) is 38.2 Å². The largest absolute Gasteiger partial charge is 0.490 e. The highest BCUT2D eigenvalue weighted by molar-refractivity contribution is 9.10. The molecule has 1 aromatic rings. The minimum Gasteiger partial charge on any atom is -0.490 e. The van der Waals surface area contributed by atoms with Gasteiger partial charge in [0.25, 0.3) is 5.91 Å². The second kappa shape index (κ2) is 9.26. The minimum atomic E-state index is 0.0120. The molecule has 2 aliphatic rings. The van der Waals surface area contributed by atoms with Gasteiger partial charge >= 0.3 is 0 Å². The van der Waals surface area contributed by atoms with Gasteiger partial charge in [-0.2, -0.15) is 0 Å². The molecule has 1 saturated carbocycles. The maximum absolute atomic E-state index is 12.9. The SMILES string of the molecule is C=CCOc1c(Br)cc(/C=C2/SC(=S)N(C3CCCC3)C2=O)cc1OCC. The van der Waals surface area contributed by atoms with Crippen LogP contribution in [-0.2, 0) is 4.79 Å². The molecule has 3 rings (SSSR count). The van der Waals surface area contributed by atoms with Gasteiger partial charge in [-0.05, 0) is 59.5 Å². The van der Waals surface area contributed by atoms with Gasteiger partial charge < -0.3 is 9.47 Å². The van der Waals surface area contributed by atoms with E-state index in [9.17, 15) is 4.79 Å². The Labute approximate surface area is 178 Å². The van der Waals surface area contributed by atoms with Crippen molar-refractivity contribution in [2.45, 2.75) is 38.6 Å². The average molecular weight is 468 g/mol. The smallest absolute Gasteiger partial charge is 0.266 e. The number of hydrogen-bond acceptors (Lipinski definition) is 5. The van der Waals surface area contributed by atoms with Crippen LogP contribution < -0.4 is 9.47 Å². The third-order valence-corrected chi connectivity index (χ3v) is 6.41. The molecule has 7 heteroatoms. The Hall–Kier alpha value is -1.31. The van der Waals surface area contributed by atoms with Crippen molar-refractivity contribution in [3.05, 3.63) is 39.7 Å². The molecule has 4 nitrogen and oxygen atoms in total. The normalized spacial score (nSPS) is 19.2. The summed E-state index contributed by atoms with van der Waals surface area (Å²) in [6.45, 7) is 6.50. The van der Waals surface area contributed by atoms with E-state index in [4.69, 9.17) is 21.7 Å². The van der Waals surface area contributed by atoms with Crippen LogP contribution in [0.3, 0.4) is 0 Å². The molecule has 1 aliphatic carbocycles. The first-order valence-corrected chi connectivity index (χ1v) is 11.0. The molecule has 0 atom stereocenters. The molecule has 0 bridgehead atoms. The Morgan fingerprint density at radius 3 is 2.78 bits per heavy atom. The molecule has 1 saturated heterocycles. The van der Waals surface area contributed by atoms with E-state index in [1.165, 1.54) is 11.8 Å². The molecule has 1 heterocycles. The Balaban J connectivity index is 1.88. The zero-order valence-corrected chi connectivity index (χ0v) is 18.4. The molecule has 0 N–H and O–H groups in total. The molecular formula is C20H22BrNO3S2. The molecule has 1 amide bonds. The van der Waals surface area contributed by atoms with Crippen LogP contribution in [0.2, 0.25) is 0 Å². The molecule has 0 aromatic heterocycles. The van der Waals surface area contributed by atoms with E-state index in [-0.39, 0.29) is 11.9 Å². The van der Waals surface area contributed by atoms with Crippen LogP contribution in [0.4, 0.5) is 0 Å². The minimum absolute atomic E-state index is 0.0120. The first-order valence-electron chi connectivity index (χ1n) is 9.02. The summed E-state index contributed by atoms with van der Waals surface area (Å²) < 4.78 is 12.9. The highest BCUT2D eigenvalue weighted by Crippen LogP contribution is 2.41. The maximum atomic E-state index is 12.9. The van der Waals surface area contributed by atoms with Gasteiger partial charge in [0, 0.05) is 6.04 Å². The predicted molar refractivity (Wildman–Crippen MR) is 118 cm³/mol. The van der Waals surface area contributed by atoms with Crippen molar-refractivity contribution in [2.75, 3.05) is 13.2 Å². The fourth-order valence-electron chi connectivity index (χ4n) is 3.32. The molecular weight excluding hydrogens is 446 g/mol. The van der Waals surface area contributed by atoms with Crippen LogP contribution in [0.15, 0.2) is 34.2 Å². The zero-order valence-electron chi connectivity index (χ0n) is 15.2. The lowest BCUT2D eigenvalue weighted by Crippen LogP contribution is -2.36. The highest BCUT2D eigenvalue weighted by Gasteiger charge is 2.38. The lowest BCUT2D eigenvalue weighted by atomic mass is 10.1. The highest BCUT2D eigenvalue weighted by atomic mass is 79.9. The molecule has 0 unspecified atom stereocenters. The Morgan fingerprint density at radius 1 is 1.37 bits per heavy atom. The summed E-state index contributed by atoms with van der Waals surface area (Å²) in [6, 6.07) is 4.06. The van der Waals surface area contributed by atoms with E-state index in [1.54, 1.807) is 11.0 Å². The van der Waals surface area contributed by atoms with Crippen molar-refractivity contribution in [3.63, 3.8) is 0 Å². The van der Waals surface area contributed by atoms with E-state index in [2.05, 4.69) is 22.5 Å². The fourth-order valence-corrected chi connectivity index (χ4v) is 5.30. The van der Waals surface area contributed by atoms with E-state index in [0.717, 1.165) is 35.7 Å². The van der Waals surface area contributed by atoms with Crippen molar-refractivity contribution in [1.82, 2.24) is 4.90 Å². The van der Waals surface area contributed by atoms with Gasteiger partial charge in [-0.3, -0.25) is 9.69 Å². The van der Waals surface area contributed by atoms with E-state index < -0.39 is 0 Å². The number of benzene rings is 1. The molecule has 0 radical (unpaired) electrons. The number of thiocarbonyl (C=S) groups is 1. The van der Waals surface area contributed by atoms with Crippen LogP contribution in [0, 0.1) is 0 Å². The molecule has 0 spiro atoms. The summed E-state index contributed by atoms with van der Waals surface area (Å²) in [5.41, 5.74) is 0.864. The number of rotatable bonds is 7. The Morgan fingerprint density at radius 2 is 2.11 bits per heavy atom. The van der Waals surface area contributed by atoms with Gasteiger partial charge in [0.05, 0.1) is 16.0 Å². The summed E-state index contributed by atoms with van der Waals surface area (Å²) in [7, 11) is 0. The second-order valence-electron chi connectivity index (χ2n) is 6.35. The lowest BCUT2D eigenvalue weighted by Gasteiger charge is -2.21. The molecule has 27 heavy (non-hydrogen) atoms. The second-order valence-corrected chi connectivity index (χ2v) is 8.88. The van der Waals surface area contributed by atoms with Gasteiger partial charge in [0.1, 0.15) is 10.9 Å². The van der Waals surface area contributed by atoms with Gasteiger partial charge in [0.15, 0.2) is 11.5 Å². The summed E-state index contributed by atoms with van der Waals surface area (Å²) >= 11 is 10.4. The molecule has 2 fully saturated rings. The number of amides is 1. The van der Waals surface area contributed by atoms with Gasteiger partial charge in [0.2, 0.25) is 0 Å². The fraction of sp³-hybridized carbons (Fsp3) is 0.400. The number of hydrogen-bond donors (Lipinski definition) is 0. The zero-order chi connectivity index (χ0) is 19.4. The monoisotopic (exact) mass is 467 g/mol. The Kier molecular flexibility index (Phi) is 7.00. The van der Waals surface area contributed by atoms with E-state index in [1.807, 2.05) is 25.1 Å². The summed E-state index contributed by atoms with van der Waals surface area (Å²) in [4.78, 5) is 15.3. The van der Waals surface area contributed by atoms with Crippen molar-refractivity contribution in [3.8, 4) is 11.5 Å². The van der Waals surface area contributed by atoms with Crippen molar-refractivity contribution in [2.24, 2.45) is 0 Å². The summed E-state index contributed by atoms with van der Waals surface area (Å²) in [5.74, 6) is 1.27. The van der Waals surface area contributed by atoms with Gasteiger partial charge in [-0.15, -0.1) is 0 Å². The molecule has 1 aliphatic heterocycles. The lowest BCUT2D eigenvalue weighted by molar-refractivity contribution is -0.123. The Bertz CT molecular complexity index is 788. The van der Waals surface area contributed by atoms with Gasteiger partial charge in [-0.25, -0.2) is 0 Å². The quantitative estimate of drug-likeness (QED) is 0.298. The summed E-state index contributed by atoms with van der Waals surface area (Å²) in [6.07, 6.45) is 7.96. The number of nitrogens with zero attached hydrogens (tertiary/aromatic N) is 1. The van der Waals surface area contributed by atoms with E-state index >= 15 is 0 Å². The van der Waals surface area contributed by atoms with Crippen LogP contribution in [0.25, 0.3) is 6.08 Å².